The van der Waals surface area contributed by atoms with Crippen molar-refractivity contribution in [2.45, 2.75) is 19.9 Å². The van der Waals surface area contributed by atoms with Crippen LogP contribution in [-0.2, 0) is 0 Å². The maximum Gasteiger partial charge on any atom is 0.174 e. The van der Waals surface area contributed by atoms with Crippen LogP contribution < -0.4 is 10.1 Å². The molecule has 2 aromatic carbocycles. The van der Waals surface area contributed by atoms with Crippen LogP contribution in [0.1, 0.15) is 24.1 Å². The Balaban J connectivity index is 2.06. The highest BCUT2D eigenvalue weighted by Gasteiger charge is 2.06. The molecular weight excluding hydrogens is 328 g/mol. The first kappa shape index (κ1) is 15.4. The zero-order valence-corrected chi connectivity index (χ0v) is 13.6. The van der Waals surface area contributed by atoms with E-state index < -0.39 is 0 Å². The van der Waals surface area contributed by atoms with Gasteiger partial charge in [-0.15, -0.1) is 0 Å². The molecule has 108 valence electrons. The highest BCUT2D eigenvalue weighted by molar-refractivity contribution is 9.10. The van der Waals surface area contributed by atoms with E-state index in [2.05, 4.69) is 53.3 Å². The normalized spacial score (nSPS) is 11.5. The Morgan fingerprint density at radius 3 is 2.57 bits per heavy atom. The molecule has 1 atom stereocenters. The van der Waals surface area contributed by atoms with Gasteiger partial charge in [0.2, 0.25) is 0 Å². The van der Waals surface area contributed by atoms with E-state index in [-0.39, 0.29) is 12.6 Å². The molecule has 0 bridgehead atoms. The number of ether oxygens (including phenoxy) is 1. The first-order valence-electron chi connectivity index (χ1n) is 6.72. The van der Waals surface area contributed by atoms with Gasteiger partial charge in [0.25, 0.3) is 0 Å². The highest BCUT2D eigenvalue weighted by Crippen LogP contribution is 2.25. The molecule has 21 heavy (non-hydrogen) atoms. The van der Waals surface area contributed by atoms with E-state index in [0.29, 0.717) is 5.75 Å². The van der Waals surface area contributed by atoms with Crippen molar-refractivity contribution in [3.63, 3.8) is 0 Å². The number of halogens is 1. The lowest BCUT2D eigenvalue weighted by atomic mass is 10.1. The van der Waals surface area contributed by atoms with Crippen molar-refractivity contribution in [2.24, 2.45) is 0 Å². The molecule has 0 aliphatic heterocycles. The molecule has 0 radical (unpaired) electrons. The first-order chi connectivity index (χ1) is 10.1. The van der Waals surface area contributed by atoms with Gasteiger partial charge < -0.3 is 10.1 Å². The van der Waals surface area contributed by atoms with Crippen LogP contribution in [0.15, 0.2) is 46.9 Å². The number of nitrogens with one attached hydrogen (secondary N) is 1. The highest BCUT2D eigenvalue weighted by atomic mass is 79.9. The molecule has 0 aromatic heterocycles. The van der Waals surface area contributed by atoms with Gasteiger partial charge >= 0.3 is 0 Å². The van der Waals surface area contributed by atoms with Crippen LogP contribution in [0, 0.1) is 18.3 Å². The molecule has 0 heterocycles. The van der Waals surface area contributed by atoms with Crippen molar-refractivity contribution in [1.29, 1.82) is 5.26 Å². The lowest BCUT2D eigenvalue weighted by Gasteiger charge is -2.17. The largest absolute Gasteiger partial charge is 0.479 e. The van der Waals surface area contributed by atoms with Crippen LogP contribution in [0.5, 0.6) is 5.75 Å². The maximum absolute atomic E-state index is 8.49. The number of nitrogens with zero attached hydrogens (tertiary/aromatic N) is 1. The summed E-state index contributed by atoms with van der Waals surface area (Å²) in [6.07, 6.45) is 0. The Kier molecular flexibility index (Phi) is 5.24. The summed E-state index contributed by atoms with van der Waals surface area (Å²) in [5, 5.41) is 12.0. The minimum absolute atomic E-state index is 0.0739. The average Bonchev–Trinajstić information content (AvgIpc) is 2.44. The third-order valence-corrected chi connectivity index (χ3v) is 3.57. The number of nitriles is 1. The molecule has 0 aliphatic carbocycles. The zero-order chi connectivity index (χ0) is 15.2. The van der Waals surface area contributed by atoms with Crippen molar-refractivity contribution < 1.29 is 4.74 Å². The summed E-state index contributed by atoms with van der Waals surface area (Å²) in [6.45, 7) is 4.26. The number of aryl methyl sites for hydroxylation is 1. The van der Waals surface area contributed by atoms with Gasteiger partial charge in [-0.25, -0.2) is 0 Å². The predicted octanol–water partition coefficient (Wildman–Crippen LogP) is 4.83. The molecule has 1 unspecified atom stereocenters. The summed E-state index contributed by atoms with van der Waals surface area (Å²) in [6, 6.07) is 16.2. The SMILES string of the molecule is Cc1cc(Br)cc(NC(C)c2ccc(OCC#N)cc2)c1. The third-order valence-electron chi connectivity index (χ3n) is 3.11. The van der Waals surface area contributed by atoms with E-state index >= 15 is 0 Å². The first-order valence-corrected chi connectivity index (χ1v) is 7.51. The van der Waals surface area contributed by atoms with Crippen LogP contribution in [0.4, 0.5) is 5.69 Å². The fraction of sp³-hybridized carbons (Fsp3) is 0.235. The van der Waals surface area contributed by atoms with Crippen LogP contribution in [0.2, 0.25) is 0 Å². The van der Waals surface area contributed by atoms with Gasteiger partial charge in [0.1, 0.15) is 11.8 Å². The van der Waals surface area contributed by atoms with Crippen LogP contribution >= 0.6 is 15.9 Å². The summed E-state index contributed by atoms with van der Waals surface area (Å²) < 4.78 is 6.32. The lowest BCUT2D eigenvalue weighted by Crippen LogP contribution is -2.06. The summed E-state index contributed by atoms with van der Waals surface area (Å²) in [4.78, 5) is 0. The molecule has 2 rings (SSSR count). The molecule has 0 spiro atoms. The predicted molar refractivity (Wildman–Crippen MR) is 88.5 cm³/mol. The third kappa shape index (κ3) is 4.51. The molecule has 0 saturated carbocycles. The fourth-order valence-corrected chi connectivity index (χ4v) is 2.73. The standard InChI is InChI=1S/C17H17BrN2O/c1-12-9-15(18)11-16(10-12)20-13(2)14-3-5-17(6-4-14)21-8-7-19/h3-6,9-11,13,20H,8H2,1-2H3. The number of anilines is 1. The summed E-state index contributed by atoms with van der Waals surface area (Å²) in [5.74, 6) is 0.714. The van der Waals surface area contributed by atoms with Gasteiger partial charge in [0, 0.05) is 16.2 Å². The summed E-state index contributed by atoms with van der Waals surface area (Å²) in [7, 11) is 0. The van der Waals surface area contributed by atoms with Crippen molar-refractivity contribution in [3.8, 4) is 11.8 Å². The van der Waals surface area contributed by atoms with Crippen molar-refractivity contribution >= 4 is 21.6 Å². The Morgan fingerprint density at radius 2 is 1.95 bits per heavy atom. The van der Waals surface area contributed by atoms with Crippen LogP contribution in [0.25, 0.3) is 0 Å². The topological polar surface area (TPSA) is 45.0 Å². The van der Waals surface area contributed by atoms with Crippen LogP contribution in [-0.4, -0.2) is 6.61 Å². The summed E-state index contributed by atoms with van der Waals surface area (Å²) >= 11 is 3.51. The Labute approximate surface area is 133 Å². The van der Waals surface area contributed by atoms with Gasteiger partial charge in [-0.05, 0) is 55.3 Å². The fourth-order valence-electron chi connectivity index (χ4n) is 2.12. The molecule has 1 N–H and O–H groups in total. The minimum atomic E-state index is 0.0739. The van der Waals surface area contributed by atoms with Crippen molar-refractivity contribution in [1.82, 2.24) is 0 Å². The van der Waals surface area contributed by atoms with Crippen molar-refractivity contribution in [2.75, 3.05) is 11.9 Å². The van der Waals surface area contributed by atoms with Gasteiger partial charge in [0.05, 0.1) is 0 Å². The molecule has 0 amide bonds. The smallest absolute Gasteiger partial charge is 0.174 e. The molecule has 0 aliphatic rings. The lowest BCUT2D eigenvalue weighted by molar-refractivity contribution is 0.368. The van der Waals surface area contributed by atoms with Gasteiger partial charge in [-0.2, -0.15) is 5.26 Å². The maximum atomic E-state index is 8.49. The molecule has 3 nitrogen and oxygen atoms in total. The monoisotopic (exact) mass is 344 g/mol. The molecule has 0 saturated heterocycles. The second-order valence-electron chi connectivity index (χ2n) is 4.90. The minimum Gasteiger partial charge on any atom is -0.479 e. The average molecular weight is 345 g/mol. The molecule has 0 fully saturated rings. The number of hydrogen-bond acceptors (Lipinski definition) is 3. The number of hydrogen-bond donors (Lipinski definition) is 1. The Hall–Kier alpha value is -1.99. The van der Waals surface area contributed by atoms with E-state index in [1.54, 1.807) is 0 Å². The second kappa shape index (κ2) is 7.14. The van der Waals surface area contributed by atoms with Gasteiger partial charge in [0.15, 0.2) is 6.61 Å². The van der Waals surface area contributed by atoms with E-state index in [4.69, 9.17) is 10.00 Å². The zero-order valence-electron chi connectivity index (χ0n) is 12.1. The molecule has 4 heteroatoms. The van der Waals surface area contributed by atoms with E-state index in [1.807, 2.05) is 30.3 Å². The molecule has 2 aromatic rings. The Morgan fingerprint density at radius 1 is 1.24 bits per heavy atom. The quantitative estimate of drug-likeness (QED) is 0.844. The van der Waals surface area contributed by atoms with E-state index in [1.165, 1.54) is 5.56 Å². The Bertz CT molecular complexity index is 627. The second-order valence-corrected chi connectivity index (χ2v) is 5.81. The summed E-state index contributed by atoms with van der Waals surface area (Å²) in [5.41, 5.74) is 3.45. The van der Waals surface area contributed by atoms with Gasteiger partial charge in [-0.1, -0.05) is 28.1 Å². The van der Waals surface area contributed by atoms with E-state index in [9.17, 15) is 0 Å². The number of rotatable bonds is 5. The van der Waals surface area contributed by atoms with Crippen molar-refractivity contribution in [3.05, 3.63) is 58.1 Å². The van der Waals surface area contributed by atoms with Crippen LogP contribution in [0.3, 0.4) is 0 Å². The van der Waals surface area contributed by atoms with Gasteiger partial charge in [-0.3, -0.25) is 0 Å². The van der Waals surface area contributed by atoms with E-state index in [0.717, 1.165) is 15.7 Å². The number of benzene rings is 2. The molecular formula is C17H17BrN2O.